The van der Waals surface area contributed by atoms with E-state index in [1.807, 2.05) is 0 Å². The van der Waals surface area contributed by atoms with Crippen molar-refractivity contribution < 1.29 is 9.90 Å². The zero-order valence-corrected chi connectivity index (χ0v) is 12.6. The van der Waals surface area contributed by atoms with Gasteiger partial charge in [0.15, 0.2) is 0 Å². The second-order valence-electron chi connectivity index (χ2n) is 7.08. The first kappa shape index (κ1) is 14.3. The highest BCUT2D eigenvalue weighted by molar-refractivity contribution is 5.79. The van der Waals surface area contributed by atoms with Gasteiger partial charge in [0.05, 0.1) is 0 Å². The van der Waals surface area contributed by atoms with Crippen LogP contribution in [0.1, 0.15) is 58.3 Å². The van der Waals surface area contributed by atoms with Crippen LogP contribution in [-0.2, 0) is 4.79 Å². The van der Waals surface area contributed by atoms with Crippen molar-refractivity contribution in [3.8, 4) is 0 Å². The van der Waals surface area contributed by atoms with Crippen LogP contribution >= 0.6 is 0 Å². The molecule has 0 heterocycles. The average molecular weight is 280 g/mol. The molecule has 3 aliphatic carbocycles. The van der Waals surface area contributed by atoms with Gasteiger partial charge in [-0.05, 0) is 63.8 Å². The molecule has 3 aliphatic rings. The molecule has 0 amide bonds. The van der Waals surface area contributed by atoms with Gasteiger partial charge in [0.1, 0.15) is 5.54 Å². The van der Waals surface area contributed by atoms with Gasteiger partial charge >= 0.3 is 5.97 Å². The highest BCUT2D eigenvalue weighted by Crippen LogP contribution is 2.41. The van der Waals surface area contributed by atoms with E-state index < -0.39 is 11.5 Å². The quantitative estimate of drug-likeness (QED) is 0.716. The fourth-order valence-electron chi connectivity index (χ4n) is 3.70. The average Bonchev–Trinajstić information content (AvgIpc) is 3.32. The molecule has 0 aromatic carbocycles. The smallest absolute Gasteiger partial charge is 0.323 e. The third kappa shape index (κ3) is 3.01. The van der Waals surface area contributed by atoms with Crippen molar-refractivity contribution in [3.63, 3.8) is 0 Å². The molecule has 2 atom stereocenters. The second-order valence-corrected chi connectivity index (χ2v) is 7.08. The molecule has 4 heteroatoms. The van der Waals surface area contributed by atoms with Gasteiger partial charge in [-0.2, -0.15) is 0 Å². The summed E-state index contributed by atoms with van der Waals surface area (Å²) in [6.07, 6.45) is 9.05. The minimum absolute atomic E-state index is 0.489. The number of aliphatic carboxylic acids is 1. The highest BCUT2D eigenvalue weighted by Gasteiger charge is 2.49. The van der Waals surface area contributed by atoms with Crippen molar-refractivity contribution in [3.05, 3.63) is 0 Å². The van der Waals surface area contributed by atoms with E-state index in [-0.39, 0.29) is 0 Å². The first-order valence-corrected chi connectivity index (χ1v) is 8.39. The van der Waals surface area contributed by atoms with Crippen LogP contribution in [0.15, 0.2) is 0 Å². The summed E-state index contributed by atoms with van der Waals surface area (Å²) in [7, 11) is 0. The lowest BCUT2D eigenvalue weighted by atomic mass is 9.97. The lowest BCUT2D eigenvalue weighted by Crippen LogP contribution is -2.52. The van der Waals surface area contributed by atoms with E-state index in [1.54, 1.807) is 0 Å². The van der Waals surface area contributed by atoms with Crippen LogP contribution in [0.3, 0.4) is 0 Å². The van der Waals surface area contributed by atoms with Crippen molar-refractivity contribution >= 4 is 5.97 Å². The molecular weight excluding hydrogens is 252 g/mol. The molecule has 0 bridgehead atoms. The normalized spacial score (nSPS) is 33.8. The van der Waals surface area contributed by atoms with Crippen molar-refractivity contribution in [1.82, 2.24) is 10.2 Å². The fourth-order valence-corrected chi connectivity index (χ4v) is 3.70. The van der Waals surface area contributed by atoms with Gasteiger partial charge in [-0.1, -0.05) is 6.92 Å². The third-order valence-corrected chi connectivity index (χ3v) is 5.26. The van der Waals surface area contributed by atoms with Crippen LogP contribution in [0.4, 0.5) is 0 Å². The third-order valence-electron chi connectivity index (χ3n) is 5.26. The first-order chi connectivity index (χ1) is 9.64. The Morgan fingerprint density at radius 3 is 2.55 bits per heavy atom. The zero-order chi connectivity index (χ0) is 14.2. The van der Waals surface area contributed by atoms with Gasteiger partial charge in [-0.15, -0.1) is 0 Å². The van der Waals surface area contributed by atoms with Crippen molar-refractivity contribution in [1.29, 1.82) is 0 Å². The van der Waals surface area contributed by atoms with E-state index in [2.05, 4.69) is 17.1 Å². The van der Waals surface area contributed by atoms with E-state index in [9.17, 15) is 9.90 Å². The first-order valence-electron chi connectivity index (χ1n) is 8.39. The Hall–Kier alpha value is -0.610. The van der Waals surface area contributed by atoms with Crippen LogP contribution in [0, 0.1) is 5.92 Å². The largest absolute Gasteiger partial charge is 0.480 e. The molecular formula is C16H28N2O2. The highest BCUT2D eigenvalue weighted by atomic mass is 16.4. The van der Waals surface area contributed by atoms with E-state index in [0.29, 0.717) is 6.04 Å². The number of hydrogen-bond acceptors (Lipinski definition) is 3. The van der Waals surface area contributed by atoms with Gasteiger partial charge in [-0.3, -0.25) is 9.69 Å². The maximum atomic E-state index is 11.7. The van der Waals surface area contributed by atoms with Gasteiger partial charge in [-0.25, -0.2) is 0 Å². The lowest BCUT2D eigenvalue weighted by molar-refractivity contribution is -0.144. The molecule has 20 heavy (non-hydrogen) atoms. The lowest BCUT2D eigenvalue weighted by Gasteiger charge is -2.31. The van der Waals surface area contributed by atoms with Crippen molar-refractivity contribution in [2.24, 2.45) is 5.92 Å². The summed E-state index contributed by atoms with van der Waals surface area (Å²) in [6.45, 7) is 4.13. The number of nitrogens with one attached hydrogen (secondary N) is 1. The van der Waals surface area contributed by atoms with Crippen LogP contribution in [0.25, 0.3) is 0 Å². The fraction of sp³-hybridized carbons (Fsp3) is 0.938. The van der Waals surface area contributed by atoms with Crippen molar-refractivity contribution in [2.75, 3.05) is 13.1 Å². The second kappa shape index (κ2) is 5.64. The van der Waals surface area contributed by atoms with Crippen molar-refractivity contribution in [2.45, 2.75) is 75.9 Å². The molecule has 0 spiro atoms. The Morgan fingerprint density at radius 1 is 1.25 bits per heavy atom. The van der Waals surface area contributed by atoms with E-state index in [0.717, 1.165) is 44.2 Å². The SMILES string of the molecule is CCCNC1(C(=O)O)CCC(N(CC2CC2)C2CC2)C1. The molecule has 2 N–H and O–H groups in total. The summed E-state index contributed by atoms with van der Waals surface area (Å²) in [5.41, 5.74) is -0.655. The van der Waals surface area contributed by atoms with Crippen LogP contribution in [0.2, 0.25) is 0 Å². The van der Waals surface area contributed by atoms with Gasteiger partial charge in [0.25, 0.3) is 0 Å². The minimum Gasteiger partial charge on any atom is -0.480 e. The summed E-state index contributed by atoms with van der Waals surface area (Å²) in [6, 6.07) is 1.25. The number of rotatable bonds is 8. The predicted molar refractivity (Wildman–Crippen MR) is 78.8 cm³/mol. The molecule has 0 aromatic heterocycles. The Labute approximate surface area is 121 Å². The molecule has 114 valence electrons. The predicted octanol–water partition coefficient (Wildman–Crippen LogP) is 2.24. The number of carboxylic acids is 1. The van der Waals surface area contributed by atoms with Gasteiger partial charge < -0.3 is 10.4 Å². The Morgan fingerprint density at radius 2 is 2.00 bits per heavy atom. The number of hydrogen-bond donors (Lipinski definition) is 2. The molecule has 0 aromatic rings. The van der Waals surface area contributed by atoms with Crippen LogP contribution in [0.5, 0.6) is 0 Å². The number of carboxylic acid groups (broad SMARTS) is 1. The number of nitrogens with zero attached hydrogens (tertiary/aromatic N) is 1. The molecule has 4 nitrogen and oxygen atoms in total. The van der Waals surface area contributed by atoms with E-state index in [1.165, 1.54) is 32.2 Å². The maximum absolute atomic E-state index is 11.7. The van der Waals surface area contributed by atoms with E-state index in [4.69, 9.17) is 0 Å². The Balaban J connectivity index is 1.64. The molecule has 2 unspecified atom stereocenters. The summed E-state index contributed by atoms with van der Waals surface area (Å²) in [4.78, 5) is 14.4. The molecule has 3 rings (SSSR count). The maximum Gasteiger partial charge on any atom is 0.323 e. The zero-order valence-electron chi connectivity index (χ0n) is 12.6. The number of carbonyl (C=O) groups is 1. The Bertz CT molecular complexity index is 365. The molecule has 0 radical (unpaired) electrons. The summed E-state index contributed by atoms with van der Waals surface area (Å²) >= 11 is 0. The molecule has 3 saturated carbocycles. The van der Waals surface area contributed by atoms with Crippen LogP contribution < -0.4 is 5.32 Å². The van der Waals surface area contributed by atoms with Crippen LogP contribution in [-0.4, -0.2) is 46.7 Å². The van der Waals surface area contributed by atoms with Gasteiger partial charge in [0.2, 0.25) is 0 Å². The minimum atomic E-state index is -0.655. The summed E-state index contributed by atoms with van der Waals surface area (Å²) < 4.78 is 0. The molecule has 3 fully saturated rings. The summed E-state index contributed by atoms with van der Waals surface area (Å²) in [5, 5.41) is 13.0. The van der Waals surface area contributed by atoms with Gasteiger partial charge in [0, 0.05) is 18.6 Å². The molecule has 0 aliphatic heterocycles. The monoisotopic (exact) mass is 280 g/mol. The Kier molecular flexibility index (Phi) is 4.04. The molecule has 0 saturated heterocycles. The van der Waals surface area contributed by atoms with E-state index >= 15 is 0 Å². The summed E-state index contributed by atoms with van der Waals surface area (Å²) in [5.74, 6) is 0.259. The topological polar surface area (TPSA) is 52.6 Å². The standard InChI is InChI=1S/C16H28N2O2/c1-2-9-17-16(15(19)20)8-7-14(10-16)18(13-5-6-13)11-12-3-4-12/h12-14,17H,2-11H2,1H3,(H,19,20).